The molecule has 0 aliphatic rings. The maximum atomic E-state index is 11.6. The second-order valence-electron chi connectivity index (χ2n) is 1.92. The topological polar surface area (TPSA) is 33.0 Å². The Morgan fingerprint density at radius 1 is 1.50 bits per heavy atom. The Bertz CT molecular complexity index is 306. The highest BCUT2D eigenvalue weighted by atomic mass is 19.3. The summed E-state index contributed by atoms with van der Waals surface area (Å²) < 4.78 is 27.3. The number of alkyl halides is 2. The van der Waals surface area contributed by atoms with Crippen molar-refractivity contribution in [1.82, 2.24) is 0 Å². The van der Waals surface area contributed by atoms with Crippen LogP contribution in [-0.2, 0) is 0 Å². The van der Waals surface area contributed by atoms with Gasteiger partial charge in [-0.05, 0) is 12.1 Å². The molecule has 0 saturated heterocycles. The molecular formula is C8H4F2NO. The first-order valence-electron chi connectivity index (χ1n) is 3.09. The minimum atomic E-state index is -2.88. The van der Waals surface area contributed by atoms with E-state index in [1.807, 2.05) is 0 Å². The fourth-order valence-corrected chi connectivity index (χ4v) is 0.678. The first kappa shape index (κ1) is 8.47. The summed E-state index contributed by atoms with van der Waals surface area (Å²) in [7, 11) is 0. The van der Waals surface area contributed by atoms with Gasteiger partial charge in [-0.2, -0.15) is 14.0 Å². The molecule has 0 N–H and O–H groups in total. The zero-order valence-corrected chi connectivity index (χ0v) is 5.92. The van der Waals surface area contributed by atoms with E-state index in [0.717, 1.165) is 0 Å². The molecule has 0 aliphatic carbocycles. The Morgan fingerprint density at radius 3 is 2.83 bits per heavy atom. The van der Waals surface area contributed by atoms with E-state index in [0.29, 0.717) is 0 Å². The van der Waals surface area contributed by atoms with Gasteiger partial charge in [0, 0.05) is 6.07 Å². The molecule has 12 heavy (non-hydrogen) atoms. The lowest BCUT2D eigenvalue weighted by atomic mass is 10.2. The summed E-state index contributed by atoms with van der Waals surface area (Å²) >= 11 is 0. The first-order chi connectivity index (χ1) is 5.72. The molecule has 0 saturated carbocycles. The summed E-state index contributed by atoms with van der Waals surface area (Å²) in [5.41, 5.74) is 0.174. The van der Waals surface area contributed by atoms with Crippen molar-refractivity contribution in [2.24, 2.45) is 0 Å². The number of ether oxygens (including phenoxy) is 1. The van der Waals surface area contributed by atoms with Crippen molar-refractivity contribution in [2.75, 3.05) is 0 Å². The maximum absolute atomic E-state index is 11.6. The SMILES string of the molecule is N#Cc1[c]c(OC(F)F)ccc1. The van der Waals surface area contributed by atoms with Crippen molar-refractivity contribution >= 4 is 0 Å². The van der Waals surface area contributed by atoms with E-state index in [4.69, 9.17) is 5.26 Å². The highest BCUT2D eigenvalue weighted by Gasteiger charge is 2.04. The van der Waals surface area contributed by atoms with Crippen LogP contribution in [0.4, 0.5) is 8.78 Å². The molecule has 1 aromatic rings. The molecule has 0 unspecified atom stereocenters. The lowest BCUT2D eigenvalue weighted by Gasteiger charge is -2.02. The van der Waals surface area contributed by atoms with Gasteiger partial charge in [0.25, 0.3) is 0 Å². The Morgan fingerprint density at radius 2 is 2.25 bits per heavy atom. The van der Waals surface area contributed by atoms with Crippen molar-refractivity contribution in [3.05, 3.63) is 29.8 Å². The summed E-state index contributed by atoms with van der Waals surface area (Å²) in [6, 6.07) is 8.34. The lowest BCUT2D eigenvalue weighted by molar-refractivity contribution is -0.0500. The van der Waals surface area contributed by atoms with Crippen LogP contribution in [0.25, 0.3) is 0 Å². The first-order valence-corrected chi connectivity index (χ1v) is 3.09. The zero-order valence-electron chi connectivity index (χ0n) is 5.92. The second kappa shape index (κ2) is 3.67. The zero-order chi connectivity index (χ0) is 8.97. The number of hydrogen-bond acceptors (Lipinski definition) is 2. The molecule has 0 heterocycles. The van der Waals surface area contributed by atoms with E-state index < -0.39 is 6.61 Å². The number of rotatable bonds is 2. The van der Waals surface area contributed by atoms with Crippen LogP contribution in [0.15, 0.2) is 18.2 Å². The van der Waals surface area contributed by atoms with E-state index in [2.05, 4.69) is 10.8 Å². The number of benzene rings is 1. The van der Waals surface area contributed by atoms with E-state index in [1.165, 1.54) is 18.2 Å². The average molecular weight is 168 g/mol. The van der Waals surface area contributed by atoms with Gasteiger partial charge in [0.05, 0.1) is 11.6 Å². The number of halogens is 2. The van der Waals surface area contributed by atoms with E-state index in [-0.39, 0.29) is 11.3 Å². The van der Waals surface area contributed by atoms with Crippen molar-refractivity contribution in [3.63, 3.8) is 0 Å². The largest absolute Gasteiger partial charge is 0.434 e. The fourth-order valence-electron chi connectivity index (χ4n) is 0.678. The summed E-state index contributed by atoms with van der Waals surface area (Å²) in [6.45, 7) is -2.88. The molecule has 1 radical (unpaired) electrons. The average Bonchev–Trinajstić information content (AvgIpc) is 2.03. The standard InChI is InChI=1S/C8H4F2NO/c9-8(10)12-7-3-1-2-6(4-7)5-11/h1-3,8H. The van der Waals surface area contributed by atoms with Crippen LogP contribution in [0.3, 0.4) is 0 Å². The molecule has 0 bridgehead atoms. The van der Waals surface area contributed by atoms with E-state index in [1.54, 1.807) is 6.07 Å². The van der Waals surface area contributed by atoms with Gasteiger partial charge in [-0.25, -0.2) is 0 Å². The van der Waals surface area contributed by atoms with Crippen LogP contribution in [0.5, 0.6) is 5.75 Å². The van der Waals surface area contributed by atoms with E-state index >= 15 is 0 Å². The lowest BCUT2D eigenvalue weighted by Crippen LogP contribution is -2.01. The Balaban J connectivity index is 2.81. The van der Waals surface area contributed by atoms with Gasteiger partial charge in [-0.15, -0.1) is 0 Å². The highest BCUT2D eigenvalue weighted by molar-refractivity contribution is 5.34. The molecule has 0 fully saturated rings. The third-order valence-corrected chi connectivity index (χ3v) is 1.10. The smallest absolute Gasteiger partial charge is 0.387 e. The van der Waals surface area contributed by atoms with Crippen LogP contribution >= 0.6 is 0 Å². The Labute approximate surface area is 68.0 Å². The molecule has 0 atom stereocenters. The van der Waals surface area contributed by atoms with Gasteiger partial charge in [-0.1, -0.05) is 6.07 Å². The second-order valence-corrected chi connectivity index (χ2v) is 1.92. The van der Waals surface area contributed by atoms with Crippen LogP contribution < -0.4 is 4.74 Å². The molecule has 61 valence electrons. The molecule has 1 rings (SSSR count). The van der Waals surface area contributed by atoms with Crippen molar-refractivity contribution in [2.45, 2.75) is 6.61 Å². The Kier molecular flexibility index (Phi) is 2.59. The summed E-state index contributed by atoms with van der Waals surface area (Å²) in [5, 5.41) is 8.37. The Hall–Kier alpha value is -1.63. The molecule has 4 heteroatoms. The molecule has 0 aromatic heterocycles. The molecule has 0 aliphatic heterocycles. The molecule has 0 spiro atoms. The van der Waals surface area contributed by atoms with Gasteiger partial charge in [0.2, 0.25) is 0 Å². The van der Waals surface area contributed by atoms with Crippen LogP contribution in [-0.4, -0.2) is 6.61 Å². The number of nitriles is 1. The third kappa shape index (κ3) is 2.20. The predicted octanol–water partition coefficient (Wildman–Crippen LogP) is 1.96. The monoisotopic (exact) mass is 168 g/mol. The van der Waals surface area contributed by atoms with Crippen LogP contribution in [0.2, 0.25) is 0 Å². The van der Waals surface area contributed by atoms with Gasteiger partial charge < -0.3 is 4.74 Å². The summed E-state index contributed by atoms with van der Waals surface area (Å²) in [6.07, 6.45) is 0. The van der Waals surface area contributed by atoms with Gasteiger partial charge in [-0.3, -0.25) is 0 Å². The molecule has 2 nitrogen and oxygen atoms in total. The normalized spacial score (nSPS) is 9.50. The van der Waals surface area contributed by atoms with Crippen LogP contribution in [0.1, 0.15) is 5.56 Å². The van der Waals surface area contributed by atoms with Crippen molar-refractivity contribution in [3.8, 4) is 11.8 Å². The fraction of sp³-hybridized carbons (Fsp3) is 0.125. The third-order valence-electron chi connectivity index (χ3n) is 1.10. The maximum Gasteiger partial charge on any atom is 0.387 e. The minimum absolute atomic E-state index is 0.121. The highest BCUT2D eigenvalue weighted by Crippen LogP contribution is 2.13. The predicted molar refractivity (Wildman–Crippen MR) is 36.6 cm³/mol. The van der Waals surface area contributed by atoms with Gasteiger partial charge in [0.1, 0.15) is 5.75 Å². The molecule has 1 aromatic carbocycles. The summed E-state index contributed by atoms with van der Waals surface area (Å²) in [5.74, 6) is -0.121. The van der Waals surface area contributed by atoms with E-state index in [9.17, 15) is 8.78 Å². The number of nitrogens with zero attached hydrogens (tertiary/aromatic N) is 1. The summed E-state index contributed by atoms with van der Waals surface area (Å²) in [4.78, 5) is 0. The molecule has 0 amide bonds. The van der Waals surface area contributed by atoms with Gasteiger partial charge >= 0.3 is 6.61 Å². The minimum Gasteiger partial charge on any atom is -0.434 e. The van der Waals surface area contributed by atoms with Crippen LogP contribution in [0, 0.1) is 17.4 Å². The number of hydrogen-bond donors (Lipinski definition) is 0. The molecular weight excluding hydrogens is 164 g/mol. The quantitative estimate of drug-likeness (QED) is 0.676. The van der Waals surface area contributed by atoms with Crippen molar-refractivity contribution < 1.29 is 13.5 Å². The van der Waals surface area contributed by atoms with Gasteiger partial charge in [0.15, 0.2) is 0 Å². The van der Waals surface area contributed by atoms with Crippen molar-refractivity contribution in [1.29, 1.82) is 5.26 Å².